The third-order valence-corrected chi connectivity index (χ3v) is 4.24. The number of likely N-dealkylation sites (tertiary alicyclic amines) is 1. The minimum absolute atomic E-state index is 0.468. The van der Waals surface area contributed by atoms with Crippen LogP contribution in [0, 0.1) is 5.92 Å². The van der Waals surface area contributed by atoms with Crippen molar-refractivity contribution in [3.8, 4) is 5.75 Å². The Labute approximate surface area is 126 Å². The van der Waals surface area contributed by atoms with Gasteiger partial charge in [-0.3, -0.25) is 9.58 Å². The van der Waals surface area contributed by atoms with Crippen molar-refractivity contribution in [2.24, 2.45) is 13.0 Å². The van der Waals surface area contributed by atoms with E-state index in [0.29, 0.717) is 6.04 Å². The van der Waals surface area contributed by atoms with E-state index in [0.717, 1.165) is 24.8 Å². The maximum atomic E-state index is 5.37. The average molecular weight is 285 g/mol. The Balaban J connectivity index is 1.81. The minimum Gasteiger partial charge on any atom is -0.497 e. The van der Waals surface area contributed by atoms with E-state index in [2.05, 4.69) is 41.3 Å². The van der Waals surface area contributed by atoms with Crippen molar-refractivity contribution < 1.29 is 4.74 Å². The quantitative estimate of drug-likeness (QED) is 0.865. The Hall–Kier alpha value is -1.81. The molecule has 1 aromatic heterocycles. The van der Waals surface area contributed by atoms with Gasteiger partial charge in [-0.25, -0.2) is 0 Å². The second kappa shape index (κ2) is 5.90. The van der Waals surface area contributed by atoms with E-state index in [4.69, 9.17) is 4.74 Å². The van der Waals surface area contributed by atoms with Crippen LogP contribution in [0.1, 0.15) is 30.5 Å². The van der Waals surface area contributed by atoms with E-state index in [1.54, 1.807) is 7.11 Å². The van der Waals surface area contributed by atoms with Crippen LogP contribution in [-0.4, -0.2) is 28.3 Å². The SMILES string of the molecule is COc1cccc(C2CC(C)CN2Cc2cnn(C)c2)c1. The number of hydrogen-bond acceptors (Lipinski definition) is 3. The van der Waals surface area contributed by atoms with Gasteiger partial charge in [0.15, 0.2) is 0 Å². The first kappa shape index (κ1) is 14.1. The summed E-state index contributed by atoms with van der Waals surface area (Å²) in [6.45, 7) is 4.42. The van der Waals surface area contributed by atoms with Gasteiger partial charge in [-0.05, 0) is 30.0 Å². The van der Waals surface area contributed by atoms with Gasteiger partial charge in [-0.2, -0.15) is 5.10 Å². The van der Waals surface area contributed by atoms with Crippen LogP contribution in [0.4, 0.5) is 0 Å². The number of rotatable bonds is 4. The topological polar surface area (TPSA) is 30.3 Å². The van der Waals surface area contributed by atoms with Crippen LogP contribution >= 0.6 is 0 Å². The van der Waals surface area contributed by atoms with E-state index in [1.807, 2.05) is 24.0 Å². The molecule has 4 nitrogen and oxygen atoms in total. The lowest BCUT2D eigenvalue weighted by Crippen LogP contribution is -2.23. The van der Waals surface area contributed by atoms with Crippen LogP contribution in [0.3, 0.4) is 0 Å². The lowest BCUT2D eigenvalue weighted by Gasteiger charge is -2.24. The van der Waals surface area contributed by atoms with Crippen molar-refractivity contribution in [1.82, 2.24) is 14.7 Å². The molecule has 1 saturated heterocycles. The molecule has 3 rings (SSSR count). The lowest BCUT2D eigenvalue weighted by molar-refractivity contribution is 0.245. The summed E-state index contributed by atoms with van der Waals surface area (Å²) in [5.41, 5.74) is 2.63. The fraction of sp³-hybridized carbons (Fsp3) is 0.471. The molecular formula is C17H23N3O. The van der Waals surface area contributed by atoms with Crippen LogP contribution in [0.25, 0.3) is 0 Å². The highest BCUT2D eigenvalue weighted by Crippen LogP contribution is 2.37. The molecule has 0 N–H and O–H groups in total. The summed E-state index contributed by atoms with van der Waals surface area (Å²) in [6, 6.07) is 8.93. The largest absolute Gasteiger partial charge is 0.497 e. The summed E-state index contributed by atoms with van der Waals surface area (Å²) in [7, 11) is 3.69. The third kappa shape index (κ3) is 3.10. The number of aryl methyl sites for hydroxylation is 1. The van der Waals surface area contributed by atoms with E-state index in [9.17, 15) is 0 Å². The summed E-state index contributed by atoms with van der Waals surface area (Å²) in [5, 5.41) is 4.27. The second-order valence-corrected chi connectivity index (χ2v) is 6.08. The van der Waals surface area contributed by atoms with E-state index < -0.39 is 0 Å². The van der Waals surface area contributed by atoms with Gasteiger partial charge in [0.2, 0.25) is 0 Å². The molecule has 4 heteroatoms. The predicted octanol–water partition coefficient (Wildman–Crippen LogP) is 3.01. The molecule has 2 aromatic rings. The molecule has 0 amide bonds. The monoisotopic (exact) mass is 285 g/mol. The molecule has 1 aromatic carbocycles. The first-order chi connectivity index (χ1) is 10.2. The Morgan fingerprint density at radius 2 is 2.24 bits per heavy atom. The summed E-state index contributed by atoms with van der Waals surface area (Å²) < 4.78 is 7.24. The Kier molecular flexibility index (Phi) is 3.97. The lowest BCUT2D eigenvalue weighted by atomic mass is 10.0. The van der Waals surface area contributed by atoms with Gasteiger partial charge >= 0.3 is 0 Å². The molecule has 2 heterocycles. The highest BCUT2D eigenvalue weighted by atomic mass is 16.5. The van der Waals surface area contributed by atoms with Crippen molar-refractivity contribution in [2.45, 2.75) is 25.9 Å². The van der Waals surface area contributed by atoms with Gasteiger partial charge in [0, 0.05) is 37.9 Å². The van der Waals surface area contributed by atoms with Crippen LogP contribution < -0.4 is 4.74 Å². The maximum Gasteiger partial charge on any atom is 0.119 e. The molecule has 2 atom stereocenters. The number of aromatic nitrogens is 2. The highest BCUT2D eigenvalue weighted by Gasteiger charge is 2.31. The first-order valence-electron chi connectivity index (χ1n) is 7.51. The van der Waals surface area contributed by atoms with Gasteiger partial charge in [0.1, 0.15) is 5.75 Å². The molecule has 0 aliphatic carbocycles. The van der Waals surface area contributed by atoms with E-state index in [1.165, 1.54) is 17.5 Å². The molecule has 2 unspecified atom stereocenters. The summed E-state index contributed by atoms with van der Waals surface area (Å²) >= 11 is 0. The summed E-state index contributed by atoms with van der Waals surface area (Å²) in [6.07, 6.45) is 5.27. The van der Waals surface area contributed by atoms with Crippen molar-refractivity contribution in [3.63, 3.8) is 0 Å². The molecule has 0 spiro atoms. The molecule has 1 aliphatic rings. The fourth-order valence-electron chi connectivity index (χ4n) is 3.29. The molecule has 0 saturated carbocycles. The third-order valence-electron chi connectivity index (χ3n) is 4.24. The van der Waals surface area contributed by atoms with Gasteiger partial charge in [0.25, 0.3) is 0 Å². The normalized spacial score (nSPS) is 22.6. The van der Waals surface area contributed by atoms with Crippen molar-refractivity contribution in [3.05, 3.63) is 47.8 Å². The van der Waals surface area contributed by atoms with Crippen LogP contribution in [0.15, 0.2) is 36.7 Å². The number of hydrogen-bond donors (Lipinski definition) is 0. The zero-order valence-corrected chi connectivity index (χ0v) is 13.0. The zero-order valence-electron chi connectivity index (χ0n) is 13.0. The fourth-order valence-corrected chi connectivity index (χ4v) is 3.29. The number of ether oxygens (including phenoxy) is 1. The average Bonchev–Trinajstić information content (AvgIpc) is 3.05. The van der Waals surface area contributed by atoms with E-state index in [-0.39, 0.29) is 0 Å². The molecule has 21 heavy (non-hydrogen) atoms. The standard InChI is InChI=1S/C17H23N3O/c1-13-7-17(15-5-4-6-16(8-15)21-3)20(10-13)12-14-9-18-19(2)11-14/h4-6,8-9,11,13,17H,7,10,12H2,1-3H3. The van der Waals surface area contributed by atoms with Crippen molar-refractivity contribution in [1.29, 1.82) is 0 Å². The zero-order chi connectivity index (χ0) is 14.8. The van der Waals surface area contributed by atoms with E-state index >= 15 is 0 Å². The number of methoxy groups -OCH3 is 1. The molecular weight excluding hydrogens is 262 g/mol. The van der Waals surface area contributed by atoms with Gasteiger partial charge < -0.3 is 4.74 Å². The summed E-state index contributed by atoms with van der Waals surface area (Å²) in [5.74, 6) is 1.66. The van der Waals surface area contributed by atoms with Crippen molar-refractivity contribution in [2.75, 3.05) is 13.7 Å². The van der Waals surface area contributed by atoms with Crippen molar-refractivity contribution >= 4 is 0 Å². The molecule has 112 valence electrons. The Bertz CT molecular complexity index is 608. The van der Waals surface area contributed by atoms with Crippen LogP contribution in [-0.2, 0) is 13.6 Å². The van der Waals surface area contributed by atoms with Crippen LogP contribution in [0.2, 0.25) is 0 Å². The minimum atomic E-state index is 0.468. The molecule has 0 radical (unpaired) electrons. The Morgan fingerprint density at radius 1 is 1.38 bits per heavy atom. The predicted molar refractivity (Wildman–Crippen MR) is 83.1 cm³/mol. The molecule has 1 fully saturated rings. The second-order valence-electron chi connectivity index (χ2n) is 6.08. The smallest absolute Gasteiger partial charge is 0.119 e. The van der Waals surface area contributed by atoms with Gasteiger partial charge in [-0.1, -0.05) is 19.1 Å². The summed E-state index contributed by atoms with van der Waals surface area (Å²) in [4.78, 5) is 2.55. The van der Waals surface area contributed by atoms with Gasteiger partial charge in [-0.15, -0.1) is 0 Å². The number of benzene rings is 1. The maximum absolute atomic E-state index is 5.37. The van der Waals surface area contributed by atoms with Gasteiger partial charge in [0.05, 0.1) is 13.3 Å². The molecule has 1 aliphatic heterocycles. The molecule has 0 bridgehead atoms. The number of nitrogens with zero attached hydrogens (tertiary/aromatic N) is 3. The van der Waals surface area contributed by atoms with Crippen LogP contribution in [0.5, 0.6) is 5.75 Å². The Morgan fingerprint density at radius 3 is 2.95 bits per heavy atom. The first-order valence-corrected chi connectivity index (χ1v) is 7.51. The highest BCUT2D eigenvalue weighted by molar-refractivity contribution is 5.31.